The lowest BCUT2D eigenvalue weighted by Gasteiger charge is -2.46. The normalized spacial score (nSPS) is 23.5. The fourth-order valence-electron chi connectivity index (χ4n) is 4.98. The summed E-state index contributed by atoms with van der Waals surface area (Å²) in [4.78, 5) is 0. The average molecular weight is 541 g/mol. The minimum atomic E-state index is -1.15. The van der Waals surface area contributed by atoms with Gasteiger partial charge in [0.25, 0.3) is 0 Å². The van der Waals surface area contributed by atoms with Gasteiger partial charge < -0.3 is 29.2 Å². The molecule has 4 aromatic rings. The first-order valence-electron chi connectivity index (χ1n) is 13.7. The SMILES string of the molecule is OC(c1ccccc1)[C@@H]1O[C@H](COCc2ccccc2)[C@H](OCc2ccccc2)[C@H](OCc2ccccc2)[C@H]1O. The number of ether oxygens (including phenoxy) is 4. The summed E-state index contributed by atoms with van der Waals surface area (Å²) in [5.74, 6) is 0. The molecule has 0 aliphatic carbocycles. The van der Waals surface area contributed by atoms with Crippen molar-refractivity contribution in [3.63, 3.8) is 0 Å². The van der Waals surface area contributed by atoms with Crippen molar-refractivity contribution >= 4 is 0 Å². The van der Waals surface area contributed by atoms with Crippen molar-refractivity contribution in [3.8, 4) is 0 Å². The summed E-state index contributed by atoms with van der Waals surface area (Å²) in [6.07, 6.45) is -5.17. The van der Waals surface area contributed by atoms with E-state index in [1.165, 1.54) is 0 Å². The van der Waals surface area contributed by atoms with Crippen molar-refractivity contribution in [1.82, 2.24) is 0 Å². The van der Waals surface area contributed by atoms with Crippen molar-refractivity contribution in [3.05, 3.63) is 144 Å². The number of hydrogen-bond acceptors (Lipinski definition) is 6. The summed E-state index contributed by atoms with van der Waals surface area (Å²) in [7, 11) is 0. The van der Waals surface area contributed by atoms with Gasteiger partial charge in [0.2, 0.25) is 0 Å². The van der Waals surface area contributed by atoms with Crippen molar-refractivity contribution < 1.29 is 29.2 Å². The van der Waals surface area contributed by atoms with Crippen LogP contribution in [0.5, 0.6) is 0 Å². The van der Waals surface area contributed by atoms with Crippen LogP contribution in [-0.4, -0.2) is 47.3 Å². The Morgan fingerprint density at radius 3 is 1.57 bits per heavy atom. The van der Waals surface area contributed by atoms with Crippen LogP contribution in [0.25, 0.3) is 0 Å². The van der Waals surface area contributed by atoms with Crippen LogP contribution in [-0.2, 0) is 38.8 Å². The zero-order valence-electron chi connectivity index (χ0n) is 22.4. The highest BCUT2D eigenvalue weighted by Crippen LogP contribution is 2.34. The maximum Gasteiger partial charge on any atom is 0.117 e. The molecule has 4 aromatic carbocycles. The molecule has 0 spiro atoms. The minimum Gasteiger partial charge on any atom is -0.387 e. The molecule has 0 saturated carbocycles. The molecule has 1 aliphatic heterocycles. The van der Waals surface area contributed by atoms with Gasteiger partial charge in [-0.1, -0.05) is 121 Å². The second kappa shape index (κ2) is 14.3. The molecule has 1 unspecified atom stereocenters. The number of aliphatic hydroxyl groups is 2. The van der Waals surface area contributed by atoms with E-state index >= 15 is 0 Å². The van der Waals surface area contributed by atoms with E-state index in [0.29, 0.717) is 18.8 Å². The van der Waals surface area contributed by atoms with Crippen LogP contribution in [0.1, 0.15) is 28.4 Å². The molecule has 6 atom stereocenters. The van der Waals surface area contributed by atoms with Crippen LogP contribution in [0.15, 0.2) is 121 Å². The molecule has 6 heteroatoms. The predicted molar refractivity (Wildman–Crippen MR) is 152 cm³/mol. The molecule has 0 aromatic heterocycles. The summed E-state index contributed by atoms with van der Waals surface area (Å²) in [6, 6.07) is 38.8. The van der Waals surface area contributed by atoms with Gasteiger partial charge in [-0.2, -0.15) is 0 Å². The summed E-state index contributed by atoms with van der Waals surface area (Å²) in [5.41, 5.74) is 3.66. The molecule has 1 heterocycles. The van der Waals surface area contributed by atoms with Gasteiger partial charge in [-0.15, -0.1) is 0 Å². The molecule has 0 radical (unpaired) electrons. The zero-order chi connectivity index (χ0) is 27.6. The van der Waals surface area contributed by atoms with Gasteiger partial charge in [-0.25, -0.2) is 0 Å². The maximum absolute atomic E-state index is 11.6. The lowest BCUT2D eigenvalue weighted by atomic mass is 9.89. The van der Waals surface area contributed by atoms with Crippen molar-refractivity contribution in [2.24, 2.45) is 0 Å². The van der Waals surface area contributed by atoms with E-state index < -0.39 is 36.6 Å². The molecule has 1 saturated heterocycles. The number of hydrogen-bond donors (Lipinski definition) is 2. The van der Waals surface area contributed by atoms with E-state index in [9.17, 15) is 10.2 Å². The highest BCUT2D eigenvalue weighted by Gasteiger charge is 2.49. The van der Waals surface area contributed by atoms with Crippen LogP contribution < -0.4 is 0 Å². The topological polar surface area (TPSA) is 77.4 Å². The Hall–Kier alpha value is -3.36. The largest absolute Gasteiger partial charge is 0.387 e. The third-order valence-corrected chi connectivity index (χ3v) is 7.11. The summed E-state index contributed by atoms with van der Waals surface area (Å²) in [5, 5.41) is 22.9. The highest BCUT2D eigenvalue weighted by atomic mass is 16.6. The van der Waals surface area contributed by atoms with E-state index in [2.05, 4.69) is 0 Å². The Bertz CT molecular complexity index is 1250. The van der Waals surface area contributed by atoms with Gasteiger partial charge in [0, 0.05) is 0 Å². The number of aliphatic hydroxyl groups excluding tert-OH is 2. The molecule has 40 heavy (non-hydrogen) atoms. The molecular weight excluding hydrogens is 504 g/mol. The Balaban J connectivity index is 1.40. The quantitative estimate of drug-likeness (QED) is 0.256. The number of rotatable bonds is 12. The fourth-order valence-corrected chi connectivity index (χ4v) is 4.98. The van der Waals surface area contributed by atoms with E-state index in [4.69, 9.17) is 18.9 Å². The molecule has 0 bridgehead atoms. The summed E-state index contributed by atoms with van der Waals surface area (Å²) < 4.78 is 25.3. The molecule has 1 aliphatic rings. The lowest BCUT2D eigenvalue weighted by molar-refractivity contribution is -0.276. The van der Waals surface area contributed by atoms with Gasteiger partial charge in [0.15, 0.2) is 0 Å². The summed E-state index contributed by atoms with van der Waals surface area (Å²) in [6.45, 7) is 1.19. The second-order valence-electron chi connectivity index (χ2n) is 10.0. The molecular formula is C34H36O6. The lowest BCUT2D eigenvalue weighted by Crippen LogP contribution is -2.61. The molecule has 0 amide bonds. The molecule has 6 nitrogen and oxygen atoms in total. The maximum atomic E-state index is 11.6. The van der Waals surface area contributed by atoms with Gasteiger partial charge in [0.05, 0.1) is 26.4 Å². The van der Waals surface area contributed by atoms with Crippen LogP contribution >= 0.6 is 0 Å². The van der Waals surface area contributed by atoms with Gasteiger partial charge in [-0.05, 0) is 22.3 Å². The van der Waals surface area contributed by atoms with Crippen LogP contribution in [0.3, 0.4) is 0 Å². The van der Waals surface area contributed by atoms with E-state index in [0.717, 1.165) is 16.7 Å². The number of benzene rings is 4. The molecule has 5 rings (SSSR count). The van der Waals surface area contributed by atoms with Gasteiger partial charge in [-0.3, -0.25) is 0 Å². The van der Waals surface area contributed by atoms with Gasteiger partial charge in [0.1, 0.15) is 36.6 Å². The minimum absolute atomic E-state index is 0.199. The van der Waals surface area contributed by atoms with Crippen molar-refractivity contribution in [1.29, 1.82) is 0 Å². The first kappa shape index (κ1) is 28.2. The van der Waals surface area contributed by atoms with Crippen LogP contribution in [0.4, 0.5) is 0 Å². The molecule has 1 fully saturated rings. The van der Waals surface area contributed by atoms with Crippen molar-refractivity contribution in [2.75, 3.05) is 6.61 Å². The smallest absolute Gasteiger partial charge is 0.117 e. The predicted octanol–water partition coefficient (Wildman–Crippen LogP) is 5.24. The Kier molecular flexibility index (Phi) is 10.1. The Morgan fingerprint density at radius 1 is 0.600 bits per heavy atom. The second-order valence-corrected chi connectivity index (χ2v) is 10.0. The first-order valence-corrected chi connectivity index (χ1v) is 13.7. The van der Waals surface area contributed by atoms with E-state index in [1.807, 2.05) is 121 Å². The first-order chi connectivity index (χ1) is 19.7. The molecule has 208 valence electrons. The standard InChI is InChI=1S/C34H36O6/c35-30(28-19-11-4-12-20-28)33-31(36)34(39-23-27-17-9-3-10-18-27)32(38-22-26-15-7-2-8-16-26)29(40-33)24-37-21-25-13-5-1-6-14-25/h1-20,29-36H,21-24H2/t29-,30?,31+,32+,33+,34-/m1/s1. The van der Waals surface area contributed by atoms with E-state index in [1.54, 1.807) is 0 Å². The Labute approximate surface area is 235 Å². The van der Waals surface area contributed by atoms with Crippen molar-refractivity contribution in [2.45, 2.75) is 56.4 Å². The third kappa shape index (κ3) is 7.43. The zero-order valence-corrected chi connectivity index (χ0v) is 22.4. The fraction of sp³-hybridized carbons (Fsp3) is 0.294. The third-order valence-electron chi connectivity index (χ3n) is 7.11. The van der Waals surface area contributed by atoms with Crippen LogP contribution in [0.2, 0.25) is 0 Å². The molecule has 2 N–H and O–H groups in total. The van der Waals surface area contributed by atoms with Crippen LogP contribution in [0, 0.1) is 0 Å². The monoisotopic (exact) mass is 540 g/mol. The average Bonchev–Trinajstić information content (AvgIpc) is 3.02. The summed E-state index contributed by atoms with van der Waals surface area (Å²) >= 11 is 0. The van der Waals surface area contributed by atoms with Gasteiger partial charge >= 0.3 is 0 Å². The Morgan fingerprint density at radius 2 is 1.05 bits per heavy atom. The van der Waals surface area contributed by atoms with E-state index in [-0.39, 0.29) is 13.2 Å². The highest BCUT2D eigenvalue weighted by molar-refractivity contribution is 5.20.